The van der Waals surface area contributed by atoms with Crippen LogP contribution in [0, 0.1) is 5.92 Å². The summed E-state index contributed by atoms with van der Waals surface area (Å²) in [5.41, 5.74) is 2.15. The zero-order valence-corrected chi connectivity index (χ0v) is 14.0. The van der Waals surface area contributed by atoms with Crippen LogP contribution in [0.4, 0.5) is 0 Å². The molecule has 0 bridgehead atoms. The summed E-state index contributed by atoms with van der Waals surface area (Å²) in [6.07, 6.45) is 0.928. The van der Waals surface area contributed by atoms with Gasteiger partial charge in [-0.05, 0) is 23.0 Å². The number of nitrogens with one attached hydrogen (secondary N) is 1. The molecule has 1 aromatic rings. The molecule has 1 amide bonds. The Bertz CT molecular complexity index is 553. The van der Waals surface area contributed by atoms with Crippen LogP contribution in [0.5, 0.6) is 0 Å². The molecule has 0 unspecified atom stereocenters. The average molecular weight is 319 g/mol. The summed E-state index contributed by atoms with van der Waals surface area (Å²) in [5, 5.41) is 12.0. The zero-order chi connectivity index (χ0) is 17.0. The lowest BCUT2D eigenvalue weighted by Crippen LogP contribution is -2.45. The summed E-state index contributed by atoms with van der Waals surface area (Å²) in [4.78, 5) is 23.5. The van der Waals surface area contributed by atoms with Crippen molar-refractivity contribution in [3.05, 3.63) is 35.4 Å². The SMILES string of the molecule is CC(C)(C)c1ccc(C[C@H](NC(=O)[C@@H]2CCOC2)C(=O)O)cc1. The van der Waals surface area contributed by atoms with Gasteiger partial charge >= 0.3 is 5.97 Å². The van der Waals surface area contributed by atoms with Gasteiger partial charge in [-0.15, -0.1) is 0 Å². The van der Waals surface area contributed by atoms with E-state index in [2.05, 4.69) is 26.1 Å². The summed E-state index contributed by atoms with van der Waals surface area (Å²) >= 11 is 0. The Labute approximate surface area is 137 Å². The van der Waals surface area contributed by atoms with Crippen molar-refractivity contribution in [3.63, 3.8) is 0 Å². The minimum absolute atomic E-state index is 0.0570. The first-order valence-corrected chi connectivity index (χ1v) is 7.97. The maximum Gasteiger partial charge on any atom is 0.326 e. The van der Waals surface area contributed by atoms with Crippen molar-refractivity contribution in [1.29, 1.82) is 0 Å². The number of carboxylic acid groups (broad SMARTS) is 1. The fraction of sp³-hybridized carbons (Fsp3) is 0.556. The number of hydrogen-bond acceptors (Lipinski definition) is 3. The molecular weight excluding hydrogens is 294 g/mol. The monoisotopic (exact) mass is 319 g/mol. The van der Waals surface area contributed by atoms with E-state index in [1.165, 1.54) is 5.56 Å². The Morgan fingerprint density at radius 2 is 1.96 bits per heavy atom. The van der Waals surface area contributed by atoms with Crippen LogP contribution in [0.25, 0.3) is 0 Å². The molecule has 0 spiro atoms. The molecule has 2 atom stereocenters. The number of ether oxygens (including phenoxy) is 1. The Morgan fingerprint density at radius 3 is 2.43 bits per heavy atom. The number of benzene rings is 1. The molecule has 1 aliphatic heterocycles. The fourth-order valence-corrected chi connectivity index (χ4v) is 2.61. The Hall–Kier alpha value is -1.88. The van der Waals surface area contributed by atoms with E-state index >= 15 is 0 Å². The number of rotatable bonds is 5. The summed E-state index contributed by atoms with van der Waals surface area (Å²) in [6.45, 7) is 7.33. The third kappa shape index (κ3) is 4.79. The standard InChI is InChI=1S/C18H25NO4/c1-18(2,3)14-6-4-12(5-7-14)10-15(17(21)22)19-16(20)13-8-9-23-11-13/h4-7,13,15H,8-11H2,1-3H3,(H,19,20)(H,21,22)/t13-,15+/m1/s1. The number of aliphatic carboxylic acids is 1. The molecule has 0 radical (unpaired) electrons. The van der Waals surface area contributed by atoms with Crippen LogP contribution in [-0.4, -0.2) is 36.2 Å². The van der Waals surface area contributed by atoms with E-state index in [4.69, 9.17) is 4.74 Å². The van der Waals surface area contributed by atoms with Crippen molar-refractivity contribution in [2.45, 2.75) is 45.1 Å². The van der Waals surface area contributed by atoms with E-state index in [-0.39, 0.29) is 23.7 Å². The van der Waals surface area contributed by atoms with Crippen molar-refractivity contribution >= 4 is 11.9 Å². The maximum absolute atomic E-state index is 12.1. The molecule has 2 rings (SSSR count). The molecule has 5 nitrogen and oxygen atoms in total. The van der Waals surface area contributed by atoms with Crippen molar-refractivity contribution in [2.24, 2.45) is 5.92 Å². The first-order chi connectivity index (χ1) is 10.8. The Balaban J connectivity index is 2.01. The normalized spacial score (nSPS) is 19.3. The highest BCUT2D eigenvalue weighted by atomic mass is 16.5. The number of carbonyl (C=O) groups excluding carboxylic acids is 1. The molecule has 126 valence electrons. The van der Waals surface area contributed by atoms with Gasteiger partial charge in [0.15, 0.2) is 0 Å². The van der Waals surface area contributed by atoms with E-state index < -0.39 is 12.0 Å². The molecule has 1 aliphatic rings. The van der Waals surface area contributed by atoms with Gasteiger partial charge in [-0.25, -0.2) is 4.79 Å². The van der Waals surface area contributed by atoms with Crippen LogP contribution in [0.15, 0.2) is 24.3 Å². The smallest absolute Gasteiger partial charge is 0.326 e. The van der Waals surface area contributed by atoms with Gasteiger partial charge < -0.3 is 15.2 Å². The van der Waals surface area contributed by atoms with Gasteiger partial charge in [0.25, 0.3) is 0 Å². The van der Waals surface area contributed by atoms with Gasteiger partial charge in [0.05, 0.1) is 12.5 Å². The fourth-order valence-electron chi connectivity index (χ4n) is 2.61. The second-order valence-corrected chi connectivity index (χ2v) is 7.11. The van der Waals surface area contributed by atoms with Gasteiger partial charge in [0, 0.05) is 13.0 Å². The van der Waals surface area contributed by atoms with Crippen LogP contribution < -0.4 is 5.32 Å². The largest absolute Gasteiger partial charge is 0.480 e. The van der Waals surface area contributed by atoms with Crippen LogP contribution in [0.3, 0.4) is 0 Å². The second-order valence-electron chi connectivity index (χ2n) is 7.11. The number of amides is 1. The lowest BCUT2D eigenvalue weighted by atomic mass is 9.86. The van der Waals surface area contributed by atoms with E-state index in [9.17, 15) is 14.7 Å². The molecule has 2 N–H and O–H groups in total. The van der Waals surface area contributed by atoms with Crippen molar-refractivity contribution in [1.82, 2.24) is 5.32 Å². The number of carbonyl (C=O) groups is 2. The third-order valence-electron chi connectivity index (χ3n) is 4.17. The Kier molecular flexibility index (Phi) is 5.42. The number of carboxylic acids is 1. The highest BCUT2D eigenvalue weighted by Gasteiger charge is 2.28. The van der Waals surface area contributed by atoms with E-state index in [1.54, 1.807) is 0 Å². The quantitative estimate of drug-likeness (QED) is 0.872. The summed E-state index contributed by atoms with van der Waals surface area (Å²) in [6, 6.07) is 6.98. The molecule has 23 heavy (non-hydrogen) atoms. The number of hydrogen-bond donors (Lipinski definition) is 2. The van der Waals surface area contributed by atoms with Crippen molar-refractivity contribution < 1.29 is 19.4 Å². The van der Waals surface area contributed by atoms with Crippen molar-refractivity contribution in [2.75, 3.05) is 13.2 Å². The van der Waals surface area contributed by atoms with Gasteiger partial charge in [-0.3, -0.25) is 4.79 Å². The topological polar surface area (TPSA) is 75.6 Å². The predicted molar refractivity (Wildman–Crippen MR) is 87.3 cm³/mol. The second kappa shape index (κ2) is 7.13. The van der Waals surface area contributed by atoms with Gasteiger partial charge in [-0.1, -0.05) is 45.0 Å². The lowest BCUT2D eigenvalue weighted by Gasteiger charge is -2.20. The van der Waals surface area contributed by atoms with Gasteiger partial charge in [0.2, 0.25) is 5.91 Å². The van der Waals surface area contributed by atoms with E-state index in [1.807, 2.05) is 24.3 Å². The van der Waals surface area contributed by atoms with E-state index in [0.717, 1.165) is 5.56 Å². The maximum atomic E-state index is 12.1. The van der Waals surface area contributed by atoms with Crippen LogP contribution >= 0.6 is 0 Å². The summed E-state index contributed by atoms with van der Waals surface area (Å²) < 4.78 is 5.18. The molecule has 1 aromatic carbocycles. The van der Waals surface area contributed by atoms with Gasteiger partial charge in [-0.2, -0.15) is 0 Å². The molecule has 0 aromatic heterocycles. The highest BCUT2D eigenvalue weighted by Crippen LogP contribution is 2.22. The minimum Gasteiger partial charge on any atom is -0.480 e. The molecule has 0 saturated carbocycles. The lowest BCUT2D eigenvalue weighted by molar-refractivity contribution is -0.142. The van der Waals surface area contributed by atoms with Crippen LogP contribution in [0.1, 0.15) is 38.3 Å². The van der Waals surface area contributed by atoms with E-state index in [0.29, 0.717) is 19.6 Å². The molecule has 1 saturated heterocycles. The van der Waals surface area contributed by atoms with Crippen molar-refractivity contribution in [3.8, 4) is 0 Å². The molecular formula is C18H25NO4. The molecule has 1 heterocycles. The molecule has 0 aliphatic carbocycles. The Morgan fingerprint density at radius 1 is 1.30 bits per heavy atom. The summed E-state index contributed by atoms with van der Waals surface area (Å²) in [5.74, 6) is -1.49. The minimum atomic E-state index is -1.02. The summed E-state index contributed by atoms with van der Waals surface area (Å²) in [7, 11) is 0. The van der Waals surface area contributed by atoms with Crippen LogP contribution in [-0.2, 0) is 26.2 Å². The third-order valence-corrected chi connectivity index (χ3v) is 4.17. The first kappa shape index (κ1) is 17.5. The predicted octanol–water partition coefficient (Wildman–Crippen LogP) is 2.13. The average Bonchev–Trinajstić information content (AvgIpc) is 3.00. The molecule has 1 fully saturated rings. The molecule has 5 heteroatoms. The van der Waals surface area contributed by atoms with Gasteiger partial charge in [0.1, 0.15) is 6.04 Å². The zero-order valence-electron chi connectivity index (χ0n) is 14.0. The highest BCUT2D eigenvalue weighted by molar-refractivity contribution is 5.85. The first-order valence-electron chi connectivity index (χ1n) is 7.97. The van der Waals surface area contributed by atoms with Crippen LogP contribution in [0.2, 0.25) is 0 Å².